The van der Waals surface area contributed by atoms with Crippen LogP contribution in [0.5, 0.6) is 0 Å². The van der Waals surface area contributed by atoms with Gasteiger partial charge in [-0.3, -0.25) is 0 Å². The molecule has 61 heavy (non-hydrogen) atoms. The molecule has 7 heteroatoms. The van der Waals surface area contributed by atoms with Crippen LogP contribution in [-0.2, 0) is 18.0 Å². The van der Waals surface area contributed by atoms with Crippen LogP contribution >= 0.6 is 0 Å². The predicted molar refractivity (Wildman–Crippen MR) is 263 cm³/mol. The summed E-state index contributed by atoms with van der Waals surface area (Å²) in [6.45, 7) is 21.3. The van der Waals surface area contributed by atoms with Crippen LogP contribution in [0.15, 0.2) is 194 Å². The van der Waals surface area contributed by atoms with Gasteiger partial charge >= 0.3 is 0 Å². The Morgan fingerprint density at radius 3 is 0.967 bits per heavy atom. The van der Waals surface area contributed by atoms with Crippen molar-refractivity contribution >= 4 is 56.1 Å². The minimum Gasteiger partial charge on any atom is -0.493 e. The maximum absolute atomic E-state index is 8.23. The number of hydrogen-bond donors (Lipinski definition) is 0. The Bertz CT molecular complexity index is 2180. The SMILES string of the molecule is CC(C)(C)[Si](OC[C@H]1OC=C[C@@H](O[Si](c2ccccc2)(c2ccccc2)C(C)(C)C)[C@@H]1O[Si](c1ccccc1)(c1ccccc1)C(C)(C)C)(c1ccccc1)c1ccccc1. The lowest BCUT2D eigenvalue weighted by Crippen LogP contribution is -2.73. The molecule has 0 saturated carbocycles. The van der Waals surface area contributed by atoms with Crippen molar-refractivity contribution in [1.29, 1.82) is 0 Å². The van der Waals surface area contributed by atoms with Crippen LogP contribution in [0.1, 0.15) is 62.3 Å². The fourth-order valence-electron chi connectivity index (χ4n) is 9.77. The quantitative estimate of drug-likeness (QED) is 0.109. The summed E-state index contributed by atoms with van der Waals surface area (Å²) in [7, 11) is -9.22. The van der Waals surface area contributed by atoms with Gasteiger partial charge in [-0.15, -0.1) is 0 Å². The normalized spacial score (nSPS) is 17.8. The molecular formula is C54H64O4Si3. The molecule has 0 aromatic heterocycles. The molecular weight excluding hydrogens is 797 g/mol. The highest BCUT2D eigenvalue weighted by Gasteiger charge is 2.58. The smallest absolute Gasteiger partial charge is 0.262 e. The van der Waals surface area contributed by atoms with Gasteiger partial charge in [-0.2, -0.15) is 0 Å². The van der Waals surface area contributed by atoms with Crippen molar-refractivity contribution in [1.82, 2.24) is 0 Å². The summed E-state index contributed by atoms with van der Waals surface area (Å²) in [5.41, 5.74) is 0. The van der Waals surface area contributed by atoms with Crippen LogP contribution in [0.25, 0.3) is 0 Å². The average molecular weight is 861 g/mol. The van der Waals surface area contributed by atoms with Gasteiger partial charge in [0.1, 0.15) is 12.2 Å². The highest BCUT2D eigenvalue weighted by molar-refractivity contribution is 7.01. The third kappa shape index (κ3) is 8.49. The number of hydrogen-bond acceptors (Lipinski definition) is 4. The van der Waals surface area contributed by atoms with E-state index < -0.39 is 43.3 Å². The highest BCUT2D eigenvalue weighted by Crippen LogP contribution is 2.43. The molecule has 7 rings (SSSR count). The Morgan fingerprint density at radius 1 is 0.393 bits per heavy atom. The van der Waals surface area contributed by atoms with Crippen LogP contribution in [0.4, 0.5) is 0 Å². The fourth-order valence-corrected chi connectivity index (χ4v) is 23.7. The van der Waals surface area contributed by atoms with E-state index in [0.29, 0.717) is 6.61 Å². The summed E-state index contributed by atoms with van der Waals surface area (Å²) in [4.78, 5) is 0. The Hall–Kier alpha value is -4.61. The van der Waals surface area contributed by atoms with Gasteiger partial charge in [0.25, 0.3) is 25.0 Å². The first kappa shape index (κ1) is 44.4. The number of ether oxygens (including phenoxy) is 1. The molecule has 0 spiro atoms. The van der Waals surface area contributed by atoms with E-state index in [1.54, 1.807) is 0 Å². The van der Waals surface area contributed by atoms with E-state index in [1.165, 1.54) is 31.1 Å². The van der Waals surface area contributed by atoms with Gasteiger partial charge in [-0.05, 0) is 52.3 Å². The van der Waals surface area contributed by atoms with Crippen LogP contribution < -0.4 is 31.1 Å². The average Bonchev–Trinajstić information content (AvgIpc) is 3.26. The van der Waals surface area contributed by atoms with Crippen molar-refractivity contribution in [3.05, 3.63) is 194 Å². The summed E-state index contributed by atoms with van der Waals surface area (Å²) in [5.74, 6) is 0. The first-order valence-electron chi connectivity index (χ1n) is 21.8. The van der Waals surface area contributed by atoms with E-state index in [1.807, 2.05) is 6.26 Å². The third-order valence-electron chi connectivity index (χ3n) is 12.6. The number of benzene rings is 6. The molecule has 4 nitrogen and oxygen atoms in total. The van der Waals surface area contributed by atoms with Crippen molar-refractivity contribution in [2.45, 2.75) is 95.7 Å². The van der Waals surface area contributed by atoms with E-state index in [0.717, 1.165) is 0 Å². The van der Waals surface area contributed by atoms with Crippen molar-refractivity contribution in [3.8, 4) is 0 Å². The van der Waals surface area contributed by atoms with Crippen LogP contribution in [0, 0.1) is 0 Å². The summed E-state index contributed by atoms with van der Waals surface area (Å²) in [6, 6.07) is 65.3. The standard InChI is InChI=1S/C54H64O4Si3/c1-52(2,3)59(43-28-16-10-17-29-43,44-30-18-11-19-31-44)56-42-50-51(58-61(54(7,8)9,47-36-24-14-25-37-47)48-38-26-15-27-39-48)49(40-41-55-50)57-60(53(4,5)6,45-32-20-12-21-33-45)46-34-22-13-23-35-46/h10-41,49-51H,42H2,1-9H3/t49-,50-,51+/m1/s1. The van der Waals surface area contributed by atoms with Gasteiger partial charge in [-0.25, -0.2) is 0 Å². The second-order valence-electron chi connectivity index (χ2n) is 19.5. The number of rotatable bonds is 13. The van der Waals surface area contributed by atoms with Crippen LogP contribution in [-0.4, -0.2) is 49.9 Å². The highest BCUT2D eigenvalue weighted by atomic mass is 28.4. The largest absolute Gasteiger partial charge is 0.493 e. The molecule has 0 radical (unpaired) electrons. The maximum atomic E-state index is 8.23. The predicted octanol–water partition coefficient (Wildman–Crippen LogP) is 9.37. The van der Waals surface area contributed by atoms with Gasteiger partial charge < -0.3 is 18.0 Å². The molecule has 6 aromatic rings. The topological polar surface area (TPSA) is 36.9 Å². The van der Waals surface area contributed by atoms with Crippen molar-refractivity contribution in [2.24, 2.45) is 0 Å². The van der Waals surface area contributed by atoms with Gasteiger partial charge in [-0.1, -0.05) is 244 Å². The lowest BCUT2D eigenvalue weighted by molar-refractivity contribution is -0.0653. The zero-order valence-electron chi connectivity index (χ0n) is 37.5. The molecule has 0 fully saturated rings. The Kier molecular flexibility index (Phi) is 13.1. The molecule has 0 saturated heterocycles. The minimum absolute atomic E-state index is 0.223. The summed E-state index contributed by atoms with van der Waals surface area (Å²) < 4.78 is 30.9. The summed E-state index contributed by atoms with van der Waals surface area (Å²) >= 11 is 0. The Labute approximate surface area is 369 Å². The van der Waals surface area contributed by atoms with E-state index in [9.17, 15) is 0 Å². The molecule has 316 valence electrons. The lowest BCUT2D eigenvalue weighted by Gasteiger charge is -2.51. The molecule has 6 aromatic carbocycles. The zero-order chi connectivity index (χ0) is 43.4. The summed E-state index contributed by atoms with van der Waals surface area (Å²) in [5, 5.41) is 6.54. The lowest BCUT2D eigenvalue weighted by atomic mass is 10.1. The second-order valence-corrected chi connectivity index (χ2v) is 32.3. The van der Waals surface area contributed by atoms with E-state index in [-0.39, 0.29) is 15.1 Å². The molecule has 1 aliphatic rings. The van der Waals surface area contributed by atoms with Gasteiger partial charge in [0.05, 0.1) is 19.0 Å². The molecule has 1 heterocycles. The zero-order valence-corrected chi connectivity index (χ0v) is 40.5. The molecule has 0 bridgehead atoms. The first-order valence-corrected chi connectivity index (χ1v) is 27.5. The van der Waals surface area contributed by atoms with Gasteiger partial charge in [0, 0.05) is 0 Å². The second kappa shape index (κ2) is 18.0. The monoisotopic (exact) mass is 860 g/mol. The van der Waals surface area contributed by atoms with Gasteiger partial charge in [0.2, 0.25) is 0 Å². The minimum atomic E-state index is -3.16. The van der Waals surface area contributed by atoms with Crippen molar-refractivity contribution < 1.29 is 18.0 Å². The fraction of sp³-hybridized carbons (Fsp3) is 0.296. The van der Waals surface area contributed by atoms with Crippen LogP contribution in [0.3, 0.4) is 0 Å². The maximum Gasteiger partial charge on any atom is 0.262 e. The van der Waals surface area contributed by atoms with Crippen LogP contribution in [0.2, 0.25) is 15.1 Å². The van der Waals surface area contributed by atoms with E-state index in [4.69, 9.17) is 18.0 Å². The summed E-state index contributed by atoms with van der Waals surface area (Å²) in [6.07, 6.45) is 2.44. The van der Waals surface area contributed by atoms with E-state index >= 15 is 0 Å². The van der Waals surface area contributed by atoms with Crippen molar-refractivity contribution in [3.63, 3.8) is 0 Å². The Morgan fingerprint density at radius 2 is 0.672 bits per heavy atom. The Balaban J connectivity index is 1.45. The van der Waals surface area contributed by atoms with Crippen molar-refractivity contribution in [2.75, 3.05) is 6.61 Å². The molecule has 0 unspecified atom stereocenters. The molecule has 0 N–H and O–H groups in total. The molecule has 0 amide bonds. The molecule has 3 atom stereocenters. The first-order chi connectivity index (χ1) is 29.1. The molecule has 0 aliphatic carbocycles. The van der Waals surface area contributed by atoms with Gasteiger partial charge in [0.15, 0.2) is 0 Å². The van der Waals surface area contributed by atoms with E-state index in [2.05, 4.69) is 250 Å². The third-order valence-corrected chi connectivity index (χ3v) is 27.6. The molecule has 1 aliphatic heterocycles.